The second kappa shape index (κ2) is 4.98. The van der Waals surface area contributed by atoms with Gasteiger partial charge in [0.05, 0.1) is 12.6 Å². The zero-order valence-corrected chi connectivity index (χ0v) is 12.4. The molecule has 0 saturated carbocycles. The van der Waals surface area contributed by atoms with Crippen molar-refractivity contribution >= 4 is 30.6 Å². The van der Waals surface area contributed by atoms with Gasteiger partial charge < -0.3 is 4.74 Å². The van der Waals surface area contributed by atoms with Crippen molar-refractivity contribution in [2.24, 2.45) is 0 Å². The summed E-state index contributed by atoms with van der Waals surface area (Å²) in [6, 6.07) is 5.00. The molecule has 4 nitrogen and oxygen atoms in total. The van der Waals surface area contributed by atoms with Crippen molar-refractivity contribution in [1.82, 2.24) is 4.98 Å². The van der Waals surface area contributed by atoms with E-state index in [1.807, 2.05) is 19.9 Å². The van der Waals surface area contributed by atoms with E-state index in [2.05, 4.69) is 4.98 Å². The Morgan fingerprint density at radius 3 is 2.53 bits per heavy atom. The standard InChI is InChI=1S/C13H14ClNO3S/c1-8(2)9-4-5-15-11-7-12(18-3)13(6-10(9)11)19(14,16)17/h4-8H,1-3H3. The molecule has 102 valence electrons. The first-order chi connectivity index (χ1) is 8.84. The molecule has 0 saturated heterocycles. The molecule has 6 heteroatoms. The first-order valence-electron chi connectivity index (χ1n) is 5.76. The van der Waals surface area contributed by atoms with Crippen LogP contribution in [0.4, 0.5) is 0 Å². The number of halogens is 1. The first-order valence-corrected chi connectivity index (χ1v) is 8.07. The van der Waals surface area contributed by atoms with E-state index in [0.717, 1.165) is 10.9 Å². The van der Waals surface area contributed by atoms with Gasteiger partial charge in [-0.15, -0.1) is 0 Å². The van der Waals surface area contributed by atoms with Gasteiger partial charge in [0.1, 0.15) is 10.6 Å². The second-order valence-electron chi connectivity index (χ2n) is 4.51. The number of pyridine rings is 1. The molecule has 0 aliphatic carbocycles. The number of hydrogen-bond donors (Lipinski definition) is 0. The van der Waals surface area contributed by atoms with Crippen LogP contribution in [0.5, 0.6) is 5.75 Å². The minimum Gasteiger partial charge on any atom is -0.495 e. The zero-order valence-electron chi connectivity index (χ0n) is 10.8. The first kappa shape index (κ1) is 14.1. The molecule has 0 amide bonds. The van der Waals surface area contributed by atoms with Crippen LogP contribution < -0.4 is 4.74 Å². The van der Waals surface area contributed by atoms with E-state index in [1.165, 1.54) is 13.2 Å². The number of aromatic nitrogens is 1. The van der Waals surface area contributed by atoms with E-state index in [1.54, 1.807) is 12.3 Å². The fourth-order valence-electron chi connectivity index (χ4n) is 2.03. The Balaban J connectivity index is 2.88. The number of rotatable bonds is 3. The van der Waals surface area contributed by atoms with E-state index in [9.17, 15) is 8.42 Å². The summed E-state index contributed by atoms with van der Waals surface area (Å²) in [6.45, 7) is 4.07. The lowest BCUT2D eigenvalue weighted by atomic mass is 9.99. The lowest BCUT2D eigenvalue weighted by molar-refractivity contribution is 0.404. The molecule has 0 fully saturated rings. The van der Waals surface area contributed by atoms with Gasteiger partial charge in [-0.3, -0.25) is 4.98 Å². The lowest BCUT2D eigenvalue weighted by Crippen LogP contribution is -1.99. The largest absolute Gasteiger partial charge is 0.495 e. The van der Waals surface area contributed by atoms with Crippen molar-refractivity contribution in [3.8, 4) is 5.75 Å². The average molecular weight is 300 g/mol. The van der Waals surface area contributed by atoms with Crippen LogP contribution in [-0.2, 0) is 9.05 Å². The topological polar surface area (TPSA) is 56.3 Å². The summed E-state index contributed by atoms with van der Waals surface area (Å²) in [7, 11) is 2.99. The highest BCUT2D eigenvalue weighted by atomic mass is 35.7. The summed E-state index contributed by atoms with van der Waals surface area (Å²) >= 11 is 0. The summed E-state index contributed by atoms with van der Waals surface area (Å²) in [6.07, 6.45) is 1.70. The fraction of sp³-hybridized carbons (Fsp3) is 0.308. The molecule has 19 heavy (non-hydrogen) atoms. The zero-order chi connectivity index (χ0) is 14.2. The predicted molar refractivity (Wildman–Crippen MR) is 75.4 cm³/mol. The molecule has 0 N–H and O–H groups in total. The van der Waals surface area contributed by atoms with Crippen LogP contribution in [-0.4, -0.2) is 20.5 Å². The van der Waals surface area contributed by atoms with Crippen LogP contribution in [0.15, 0.2) is 29.3 Å². The Morgan fingerprint density at radius 2 is 2.00 bits per heavy atom. The number of ether oxygens (including phenoxy) is 1. The summed E-state index contributed by atoms with van der Waals surface area (Å²) in [5.41, 5.74) is 1.71. The molecule has 0 radical (unpaired) electrons. The molecule has 2 rings (SSSR count). The van der Waals surface area contributed by atoms with Gasteiger partial charge in [-0.05, 0) is 23.6 Å². The lowest BCUT2D eigenvalue weighted by Gasteiger charge is -2.12. The van der Waals surface area contributed by atoms with Crippen molar-refractivity contribution in [2.45, 2.75) is 24.7 Å². The van der Waals surface area contributed by atoms with E-state index in [4.69, 9.17) is 15.4 Å². The molecule has 1 aromatic heterocycles. The van der Waals surface area contributed by atoms with Crippen LogP contribution in [0.25, 0.3) is 10.9 Å². The number of benzene rings is 1. The highest BCUT2D eigenvalue weighted by Crippen LogP contribution is 2.34. The highest BCUT2D eigenvalue weighted by molar-refractivity contribution is 8.13. The number of methoxy groups -OCH3 is 1. The molecule has 0 atom stereocenters. The molecule has 0 unspecified atom stereocenters. The maximum Gasteiger partial charge on any atom is 0.265 e. The normalized spacial score (nSPS) is 12.1. The van der Waals surface area contributed by atoms with Gasteiger partial charge in [-0.25, -0.2) is 8.42 Å². The predicted octanol–water partition coefficient (Wildman–Crippen LogP) is 3.29. The molecular weight excluding hydrogens is 286 g/mol. The Morgan fingerprint density at radius 1 is 1.32 bits per heavy atom. The minimum absolute atomic E-state index is 0.0286. The van der Waals surface area contributed by atoms with Gasteiger partial charge in [0, 0.05) is 28.3 Å². The number of nitrogens with zero attached hydrogens (tertiary/aromatic N) is 1. The maximum absolute atomic E-state index is 11.6. The molecule has 0 aliphatic rings. The third-order valence-corrected chi connectivity index (χ3v) is 4.29. The Kier molecular flexibility index (Phi) is 3.69. The number of fused-ring (bicyclic) bond motifs is 1. The van der Waals surface area contributed by atoms with Gasteiger partial charge >= 0.3 is 0 Å². The third kappa shape index (κ3) is 2.67. The van der Waals surface area contributed by atoms with Crippen molar-refractivity contribution in [3.05, 3.63) is 30.0 Å². The highest BCUT2D eigenvalue weighted by Gasteiger charge is 2.19. The third-order valence-electron chi connectivity index (χ3n) is 2.95. The van der Waals surface area contributed by atoms with E-state index in [0.29, 0.717) is 5.52 Å². The molecule has 2 aromatic rings. The fourth-order valence-corrected chi connectivity index (χ4v) is 3.03. The SMILES string of the molecule is COc1cc2nccc(C(C)C)c2cc1S(=O)(=O)Cl. The van der Waals surface area contributed by atoms with Gasteiger partial charge in [0.15, 0.2) is 0 Å². The second-order valence-corrected chi connectivity index (χ2v) is 7.05. The molecule has 0 bridgehead atoms. The molecule has 0 aliphatic heterocycles. The van der Waals surface area contributed by atoms with Gasteiger partial charge in [0.25, 0.3) is 9.05 Å². The van der Waals surface area contributed by atoms with E-state index >= 15 is 0 Å². The van der Waals surface area contributed by atoms with E-state index in [-0.39, 0.29) is 16.6 Å². The Hall–Kier alpha value is -1.33. The molecule has 0 spiro atoms. The quantitative estimate of drug-likeness (QED) is 0.816. The van der Waals surface area contributed by atoms with Crippen LogP contribution >= 0.6 is 10.7 Å². The molecular formula is C13H14ClNO3S. The smallest absolute Gasteiger partial charge is 0.265 e. The van der Waals surface area contributed by atoms with E-state index < -0.39 is 9.05 Å². The summed E-state index contributed by atoms with van der Waals surface area (Å²) < 4.78 is 28.3. The van der Waals surface area contributed by atoms with Crippen molar-refractivity contribution in [2.75, 3.05) is 7.11 Å². The van der Waals surface area contributed by atoms with Crippen molar-refractivity contribution < 1.29 is 13.2 Å². The monoisotopic (exact) mass is 299 g/mol. The average Bonchev–Trinajstić information content (AvgIpc) is 2.35. The van der Waals surface area contributed by atoms with Crippen LogP contribution in [0.2, 0.25) is 0 Å². The summed E-state index contributed by atoms with van der Waals surface area (Å²) in [5, 5.41) is 0.775. The molecule has 1 aromatic carbocycles. The summed E-state index contributed by atoms with van der Waals surface area (Å²) in [4.78, 5) is 4.21. The van der Waals surface area contributed by atoms with Crippen LogP contribution in [0, 0.1) is 0 Å². The van der Waals surface area contributed by atoms with Gasteiger partial charge in [-0.2, -0.15) is 0 Å². The maximum atomic E-state index is 11.6. The van der Waals surface area contributed by atoms with Crippen molar-refractivity contribution in [1.29, 1.82) is 0 Å². The van der Waals surface area contributed by atoms with Crippen LogP contribution in [0.1, 0.15) is 25.3 Å². The Labute approximate surface area is 116 Å². The van der Waals surface area contributed by atoms with Crippen LogP contribution in [0.3, 0.4) is 0 Å². The van der Waals surface area contributed by atoms with Gasteiger partial charge in [-0.1, -0.05) is 13.8 Å². The molecule has 1 heterocycles. The van der Waals surface area contributed by atoms with Gasteiger partial charge in [0.2, 0.25) is 0 Å². The summed E-state index contributed by atoms with van der Waals surface area (Å²) in [5.74, 6) is 0.459. The number of hydrogen-bond acceptors (Lipinski definition) is 4. The Bertz CT molecular complexity index is 726. The van der Waals surface area contributed by atoms with Crippen molar-refractivity contribution in [3.63, 3.8) is 0 Å². The minimum atomic E-state index is -3.86.